The average Bonchev–Trinajstić information content (AvgIpc) is 2.99. The van der Waals surface area contributed by atoms with Crippen LogP contribution in [0.5, 0.6) is 0 Å². The summed E-state index contributed by atoms with van der Waals surface area (Å²) in [5, 5.41) is 0. The van der Waals surface area contributed by atoms with Crippen molar-refractivity contribution in [3.8, 4) is 0 Å². The Morgan fingerprint density at radius 3 is 2.52 bits per heavy atom. The molecule has 1 amide bonds. The van der Waals surface area contributed by atoms with Crippen LogP contribution in [0.3, 0.4) is 0 Å². The van der Waals surface area contributed by atoms with Gasteiger partial charge in [-0.2, -0.15) is 0 Å². The summed E-state index contributed by atoms with van der Waals surface area (Å²) < 4.78 is 0. The minimum Gasteiger partial charge on any atom is -0.339 e. The van der Waals surface area contributed by atoms with Crippen LogP contribution in [0.15, 0.2) is 36.7 Å². The fraction of sp³-hybridized carbons (Fsp3) is 0.571. The molecule has 0 saturated carbocycles. The highest BCUT2D eigenvalue weighted by atomic mass is 16.2. The second kappa shape index (κ2) is 9.76. The Bertz CT molecular complexity index is 660. The van der Waals surface area contributed by atoms with E-state index in [9.17, 15) is 4.79 Å². The van der Waals surface area contributed by atoms with Gasteiger partial charge in [0, 0.05) is 50.2 Å². The predicted octanol–water partition coefficient (Wildman–Crippen LogP) is 2.06. The highest BCUT2D eigenvalue weighted by Crippen LogP contribution is 2.21. The number of nitrogens with zero attached hydrogens (tertiary/aromatic N) is 5. The normalized spacial score (nSPS) is 21.2. The summed E-state index contributed by atoms with van der Waals surface area (Å²) in [5.41, 5.74) is 1.10. The highest BCUT2D eigenvalue weighted by molar-refractivity contribution is 5.78. The average molecular weight is 370 g/mol. The number of allylic oxidation sites excluding steroid dienone is 3. The molecule has 6 heteroatoms. The van der Waals surface area contributed by atoms with Gasteiger partial charge >= 0.3 is 0 Å². The van der Waals surface area contributed by atoms with Crippen molar-refractivity contribution in [3.63, 3.8) is 0 Å². The van der Waals surface area contributed by atoms with Gasteiger partial charge in [0.05, 0.1) is 6.54 Å². The molecule has 0 radical (unpaired) electrons. The van der Waals surface area contributed by atoms with E-state index in [2.05, 4.69) is 51.8 Å². The van der Waals surface area contributed by atoms with Crippen molar-refractivity contribution < 1.29 is 4.79 Å². The summed E-state index contributed by atoms with van der Waals surface area (Å²) in [4.78, 5) is 27.9. The summed E-state index contributed by atoms with van der Waals surface area (Å²) >= 11 is 0. The summed E-state index contributed by atoms with van der Waals surface area (Å²) in [6, 6.07) is 2.26. The fourth-order valence-corrected chi connectivity index (χ4v) is 3.75. The second-order valence-corrected chi connectivity index (χ2v) is 7.11. The lowest BCUT2D eigenvalue weighted by Gasteiger charge is -2.38. The lowest BCUT2D eigenvalue weighted by molar-refractivity contribution is -0.134. The molecule has 2 heterocycles. The number of aromatic nitrogens is 2. The maximum absolute atomic E-state index is 12.5. The van der Waals surface area contributed by atoms with E-state index >= 15 is 0 Å². The first-order chi connectivity index (χ1) is 13.2. The largest absolute Gasteiger partial charge is 0.339 e. The molecule has 1 aromatic heterocycles. The van der Waals surface area contributed by atoms with Crippen LogP contribution in [0.4, 0.5) is 0 Å². The number of rotatable bonds is 6. The summed E-state index contributed by atoms with van der Waals surface area (Å²) in [6.45, 7) is 10.1. The molecule has 1 fully saturated rings. The zero-order chi connectivity index (χ0) is 19.1. The van der Waals surface area contributed by atoms with Gasteiger partial charge in [-0.1, -0.05) is 32.1 Å². The molecule has 1 atom stereocenters. The first kappa shape index (κ1) is 19.7. The van der Waals surface area contributed by atoms with Crippen LogP contribution in [0.1, 0.15) is 32.5 Å². The molecule has 2 aliphatic rings. The molecule has 1 unspecified atom stereocenters. The van der Waals surface area contributed by atoms with Gasteiger partial charge in [-0.15, -0.1) is 0 Å². The van der Waals surface area contributed by atoms with Crippen molar-refractivity contribution in [3.05, 3.63) is 42.5 Å². The monoisotopic (exact) mass is 369 g/mol. The molecular formula is C21H31N5O. The number of likely N-dealkylation sites (N-methyl/N-ethyl adjacent to an activating group) is 1. The third-order valence-corrected chi connectivity index (χ3v) is 5.54. The van der Waals surface area contributed by atoms with Crippen molar-refractivity contribution in [1.29, 1.82) is 0 Å². The van der Waals surface area contributed by atoms with Crippen molar-refractivity contribution in [2.75, 3.05) is 45.8 Å². The highest BCUT2D eigenvalue weighted by Gasteiger charge is 2.25. The SMILES string of the molecule is CCN(CC)CC(=O)N1CCN(C2C=CC(c3ncccn3)=CCC2)CC1. The number of carbonyl (C=O) groups excluding carboxylic acids is 1. The van der Waals surface area contributed by atoms with E-state index in [1.165, 1.54) is 0 Å². The maximum atomic E-state index is 12.5. The van der Waals surface area contributed by atoms with Crippen molar-refractivity contribution in [1.82, 2.24) is 24.7 Å². The van der Waals surface area contributed by atoms with Crippen LogP contribution in [-0.2, 0) is 4.79 Å². The van der Waals surface area contributed by atoms with Gasteiger partial charge in [0.2, 0.25) is 5.91 Å². The van der Waals surface area contributed by atoms with Gasteiger partial charge < -0.3 is 4.90 Å². The number of carbonyl (C=O) groups is 1. The molecule has 0 spiro atoms. The van der Waals surface area contributed by atoms with Gasteiger partial charge in [0.1, 0.15) is 0 Å². The molecular weight excluding hydrogens is 338 g/mol. The zero-order valence-electron chi connectivity index (χ0n) is 16.5. The second-order valence-electron chi connectivity index (χ2n) is 7.11. The molecule has 1 saturated heterocycles. The summed E-state index contributed by atoms with van der Waals surface area (Å²) in [6.07, 6.45) is 12.4. The van der Waals surface area contributed by atoms with Gasteiger partial charge in [-0.25, -0.2) is 9.97 Å². The first-order valence-electron chi connectivity index (χ1n) is 10.1. The number of piperazine rings is 1. The zero-order valence-corrected chi connectivity index (χ0v) is 16.5. The molecule has 0 bridgehead atoms. The molecule has 6 nitrogen and oxygen atoms in total. The predicted molar refractivity (Wildman–Crippen MR) is 108 cm³/mol. The molecule has 1 aromatic rings. The number of hydrogen-bond acceptors (Lipinski definition) is 5. The Hall–Kier alpha value is -2.05. The molecule has 0 aromatic carbocycles. The Kier molecular flexibility index (Phi) is 7.12. The van der Waals surface area contributed by atoms with E-state index in [1.54, 1.807) is 12.4 Å². The van der Waals surface area contributed by atoms with Gasteiger partial charge in [-0.05, 0) is 32.0 Å². The standard InChI is InChI=1S/C21H31N5O/c1-3-24(4-2)17-20(27)26-15-13-25(14-16-26)19-8-5-7-18(9-10-19)21-22-11-6-12-23-21/h6-7,9-12,19H,3-5,8,13-17H2,1-2H3. The van der Waals surface area contributed by atoms with Crippen molar-refractivity contribution in [2.24, 2.45) is 0 Å². The van der Waals surface area contributed by atoms with Gasteiger partial charge in [-0.3, -0.25) is 14.6 Å². The minimum atomic E-state index is 0.264. The van der Waals surface area contributed by atoms with Crippen LogP contribution in [0, 0.1) is 0 Å². The lowest BCUT2D eigenvalue weighted by Crippen LogP contribution is -2.53. The molecule has 0 N–H and O–H groups in total. The third kappa shape index (κ3) is 5.23. The van der Waals surface area contributed by atoms with Crippen LogP contribution < -0.4 is 0 Å². The molecule has 3 rings (SSSR count). The van der Waals surface area contributed by atoms with Crippen molar-refractivity contribution >= 4 is 11.5 Å². The number of amides is 1. The fourth-order valence-electron chi connectivity index (χ4n) is 3.75. The van der Waals surface area contributed by atoms with Crippen molar-refractivity contribution in [2.45, 2.75) is 32.7 Å². The van der Waals surface area contributed by atoms with Crippen LogP contribution >= 0.6 is 0 Å². The quantitative estimate of drug-likeness (QED) is 0.768. The summed E-state index contributed by atoms with van der Waals surface area (Å²) in [7, 11) is 0. The summed E-state index contributed by atoms with van der Waals surface area (Å²) in [5.74, 6) is 1.06. The van der Waals surface area contributed by atoms with Gasteiger partial charge in [0.15, 0.2) is 5.82 Å². The molecule has 1 aliphatic heterocycles. The van der Waals surface area contributed by atoms with E-state index in [1.807, 2.05) is 11.0 Å². The minimum absolute atomic E-state index is 0.264. The van der Waals surface area contributed by atoms with E-state index in [0.29, 0.717) is 12.6 Å². The Labute approximate surface area is 162 Å². The van der Waals surface area contributed by atoms with E-state index in [4.69, 9.17) is 0 Å². The molecule has 146 valence electrons. The van der Waals surface area contributed by atoms with Crippen LogP contribution in [-0.4, -0.2) is 82.4 Å². The third-order valence-electron chi connectivity index (χ3n) is 5.54. The van der Waals surface area contributed by atoms with Crippen LogP contribution in [0.25, 0.3) is 5.57 Å². The molecule has 1 aliphatic carbocycles. The number of hydrogen-bond donors (Lipinski definition) is 0. The Morgan fingerprint density at radius 2 is 1.85 bits per heavy atom. The first-order valence-corrected chi connectivity index (χ1v) is 10.1. The molecule has 27 heavy (non-hydrogen) atoms. The van der Waals surface area contributed by atoms with Crippen LogP contribution in [0.2, 0.25) is 0 Å². The van der Waals surface area contributed by atoms with Gasteiger partial charge in [0.25, 0.3) is 0 Å². The van der Waals surface area contributed by atoms with E-state index in [-0.39, 0.29) is 5.91 Å². The topological polar surface area (TPSA) is 52.6 Å². The van der Waals surface area contributed by atoms with E-state index < -0.39 is 0 Å². The maximum Gasteiger partial charge on any atom is 0.236 e. The Balaban J connectivity index is 1.52. The Morgan fingerprint density at radius 1 is 1.15 bits per heavy atom. The lowest BCUT2D eigenvalue weighted by atomic mass is 10.1. The van der Waals surface area contributed by atoms with E-state index in [0.717, 1.165) is 63.5 Å². The smallest absolute Gasteiger partial charge is 0.236 e.